The monoisotopic (exact) mass is 787 g/mol. The SMILES string of the molecule is COC(=O)[C@@H]1c2cc3c(cc2[C@H](O[C@@H]2O[C@H](C)[C@H](OC)[C@](C)(OC)[C@@H]2OC)C[C@]1(C)O)C(=O)c1c(O)cc2c(c1C3=O)O[C@H]1O[C@@]2(C)[C@H](O)[C@@H]([N+](C)(C)[O-])[C@@H]1O. The van der Waals surface area contributed by atoms with Crippen molar-refractivity contribution >= 4 is 17.5 Å². The summed E-state index contributed by atoms with van der Waals surface area (Å²) in [6, 6.07) is 2.52. The first-order chi connectivity index (χ1) is 26.1. The molecule has 3 heterocycles. The van der Waals surface area contributed by atoms with Gasteiger partial charge in [0.25, 0.3) is 0 Å². The van der Waals surface area contributed by atoms with Crippen LogP contribution in [-0.2, 0) is 43.6 Å². The molecular formula is C39H49NO16. The summed E-state index contributed by atoms with van der Waals surface area (Å²) in [6.07, 6.45) is -9.19. The summed E-state index contributed by atoms with van der Waals surface area (Å²) in [5.74, 6) is -4.60. The molecule has 17 heteroatoms. The van der Waals surface area contributed by atoms with Gasteiger partial charge in [0, 0.05) is 44.4 Å². The number of aromatic hydroxyl groups is 1. The van der Waals surface area contributed by atoms with E-state index < -0.39 is 111 Å². The van der Waals surface area contributed by atoms with Gasteiger partial charge in [0.1, 0.15) is 46.9 Å². The number of phenols is 1. The van der Waals surface area contributed by atoms with Gasteiger partial charge in [0.15, 0.2) is 30.0 Å². The van der Waals surface area contributed by atoms with E-state index in [-0.39, 0.29) is 45.6 Å². The molecule has 5 aliphatic rings. The zero-order valence-corrected chi connectivity index (χ0v) is 32.8. The molecule has 2 aromatic rings. The van der Waals surface area contributed by atoms with Crippen LogP contribution in [0.3, 0.4) is 0 Å². The van der Waals surface area contributed by atoms with Crippen molar-refractivity contribution in [2.24, 2.45) is 0 Å². The van der Waals surface area contributed by atoms with Crippen molar-refractivity contribution in [3.05, 3.63) is 62.4 Å². The summed E-state index contributed by atoms with van der Waals surface area (Å²) < 4.78 is 46.3. The minimum absolute atomic E-state index is 0.0255. The number of ketones is 2. The van der Waals surface area contributed by atoms with Crippen molar-refractivity contribution in [1.82, 2.24) is 0 Å². The van der Waals surface area contributed by atoms with E-state index in [4.69, 9.17) is 37.9 Å². The molecule has 0 amide bonds. The Bertz CT molecular complexity index is 1980. The molecule has 17 nitrogen and oxygen atoms in total. The van der Waals surface area contributed by atoms with Gasteiger partial charge >= 0.3 is 5.97 Å². The predicted molar refractivity (Wildman–Crippen MR) is 191 cm³/mol. The summed E-state index contributed by atoms with van der Waals surface area (Å²) in [7, 11) is 8.13. The first-order valence-electron chi connectivity index (χ1n) is 18.3. The minimum Gasteiger partial charge on any atom is -0.633 e. The number of rotatable bonds is 7. The number of hydroxylamine groups is 3. The maximum Gasteiger partial charge on any atom is 0.316 e. The van der Waals surface area contributed by atoms with Crippen LogP contribution in [-0.4, -0.2) is 145 Å². The summed E-state index contributed by atoms with van der Waals surface area (Å²) in [5, 5.41) is 59.1. The highest BCUT2D eigenvalue weighted by atomic mass is 16.7. The van der Waals surface area contributed by atoms with E-state index in [1.807, 2.05) is 0 Å². The first-order valence-corrected chi connectivity index (χ1v) is 18.3. The van der Waals surface area contributed by atoms with Gasteiger partial charge in [-0.25, -0.2) is 0 Å². The Hall–Kier alpha value is -3.59. The number of methoxy groups -OCH3 is 4. The van der Waals surface area contributed by atoms with E-state index >= 15 is 0 Å². The molecule has 0 radical (unpaired) electrons. The number of carbonyl (C=O) groups is 3. The summed E-state index contributed by atoms with van der Waals surface area (Å²) >= 11 is 0. The van der Waals surface area contributed by atoms with Gasteiger partial charge in [0.05, 0.1) is 50.1 Å². The fraction of sp³-hybridized carbons (Fsp3) is 0.615. The highest BCUT2D eigenvalue weighted by Gasteiger charge is 2.62. The van der Waals surface area contributed by atoms with E-state index in [1.165, 1.54) is 61.4 Å². The number of quaternary nitrogens is 1. The number of hydrogen-bond acceptors (Lipinski definition) is 16. The van der Waals surface area contributed by atoms with Crippen LogP contribution >= 0.6 is 0 Å². The first kappa shape index (κ1) is 40.6. The number of nitrogens with zero attached hydrogens (tertiary/aromatic N) is 1. The maximum absolute atomic E-state index is 14.7. The second-order valence-electron chi connectivity index (χ2n) is 16.3. The van der Waals surface area contributed by atoms with E-state index in [2.05, 4.69) is 0 Å². The van der Waals surface area contributed by atoms with E-state index in [0.29, 0.717) is 0 Å². The molecule has 0 aromatic heterocycles. The van der Waals surface area contributed by atoms with Crippen LogP contribution in [0.5, 0.6) is 11.5 Å². The van der Waals surface area contributed by atoms with Crippen molar-refractivity contribution in [3.63, 3.8) is 0 Å². The zero-order chi connectivity index (χ0) is 41.2. The fourth-order valence-corrected chi connectivity index (χ4v) is 9.67. The molecule has 56 heavy (non-hydrogen) atoms. The number of esters is 1. The largest absolute Gasteiger partial charge is 0.633 e. The van der Waals surface area contributed by atoms with Gasteiger partial charge < -0.3 is 68.2 Å². The Morgan fingerprint density at radius 3 is 2.12 bits per heavy atom. The van der Waals surface area contributed by atoms with Crippen LogP contribution in [0.15, 0.2) is 18.2 Å². The van der Waals surface area contributed by atoms with Gasteiger partial charge in [0.2, 0.25) is 6.29 Å². The molecule has 2 aliphatic carbocycles. The van der Waals surface area contributed by atoms with E-state index in [1.54, 1.807) is 13.8 Å². The molecule has 2 aromatic carbocycles. The highest BCUT2D eigenvalue weighted by molar-refractivity contribution is 6.30. The minimum atomic E-state index is -1.82. The second-order valence-corrected chi connectivity index (χ2v) is 16.3. The topological polar surface area (TPSA) is 229 Å². The van der Waals surface area contributed by atoms with Crippen LogP contribution in [0.25, 0.3) is 0 Å². The third-order valence-electron chi connectivity index (χ3n) is 12.5. The lowest BCUT2D eigenvalue weighted by Gasteiger charge is -2.57. The molecule has 13 atom stereocenters. The lowest BCUT2D eigenvalue weighted by atomic mass is 9.68. The molecule has 7 rings (SSSR count). The lowest BCUT2D eigenvalue weighted by molar-refractivity contribution is -0.880. The van der Waals surface area contributed by atoms with Gasteiger partial charge in [-0.3, -0.25) is 14.4 Å². The Kier molecular flexibility index (Phi) is 9.78. The molecule has 4 N–H and O–H groups in total. The second kappa shape index (κ2) is 13.5. The third kappa shape index (κ3) is 5.66. The molecule has 2 fully saturated rings. The maximum atomic E-state index is 14.7. The smallest absolute Gasteiger partial charge is 0.316 e. The summed E-state index contributed by atoms with van der Waals surface area (Å²) in [5.41, 5.74) is -5.37. The van der Waals surface area contributed by atoms with Gasteiger partial charge in [-0.2, -0.15) is 0 Å². The quantitative estimate of drug-likeness (QED) is 0.151. The number of likely N-dealkylation sites (N-methyl/N-ethyl adjacent to an activating group) is 1. The van der Waals surface area contributed by atoms with Crippen molar-refractivity contribution in [3.8, 4) is 11.5 Å². The van der Waals surface area contributed by atoms with Crippen LogP contribution < -0.4 is 4.74 Å². The van der Waals surface area contributed by atoms with Crippen molar-refractivity contribution in [2.75, 3.05) is 42.5 Å². The van der Waals surface area contributed by atoms with Crippen molar-refractivity contribution in [2.45, 2.75) is 112 Å². The number of aliphatic hydroxyl groups is 3. The van der Waals surface area contributed by atoms with Crippen LogP contribution in [0.2, 0.25) is 0 Å². The van der Waals surface area contributed by atoms with Crippen molar-refractivity contribution in [1.29, 1.82) is 0 Å². The molecule has 0 saturated carbocycles. The number of hydrogen-bond donors (Lipinski definition) is 4. The Morgan fingerprint density at radius 2 is 1.55 bits per heavy atom. The molecule has 2 saturated heterocycles. The van der Waals surface area contributed by atoms with Gasteiger partial charge in [-0.05, 0) is 57.0 Å². The molecule has 306 valence electrons. The standard InChI is InChI=1S/C39H49NO16/c1-15-32(49-7)39(4,52-10)33(50-8)36(53-15)54-22-14-37(2,47)25(34(46)51-9)17-12-19-18(11-16(17)22)27(42)23-21(41)13-20-30(24(23)28(19)43)55-35-29(44)26(40(5,6)48)31(45)38(20,3)56-35/h11-13,15,22,25-26,29,31-33,35-36,41,44-45,47H,14H2,1-10H3/t15-,22-,25+,26+,29+,31-,32+,33-,35+,36+,37+,38-,39+/m1/s1. The summed E-state index contributed by atoms with van der Waals surface area (Å²) in [4.78, 5) is 42.7. The predicted octanol–water partition coefficient (Wildman–Crippen LogP) is 1.45. The molecule has 2 bridgehead atoms. The molecule has 0 unspecified atom stereocenters. The van der Waals surface area contributed by atoms with E-state index in [9.17, 15) is 40.0 Å². The molecular weight excluding hydrogens is 738 g/mol. The Morgan fingerprint density at radius 1 is 0.946 bits per heavy atom. The normalized spacial score (nSPS) is 38.8. The number of benzene rings is 2. The van der Waals surface area contributed by atoms with Gasteiger partial charge in [-0.1, -0.05) is 0 Å². The fourth-order valence-electron chi connectivity index (χ4n) is 9.67. The van der Waals surface area contributed by atoms with Crippen molar-refractivity contribution < 1.29 is 77.4 Å². The highest BCUT2D eigenvalue weighted by Crippen LogP contribution is 2.55. The average molecular weight is 788 g/mol. The number of aliphatic hydroxyl groups excluding tert-OH is 2. The lowest BCUT2D eigenvalue weighted by Crippen LogP contribution is -2.71. The number of phenolic OH excluding ortho intramolecular Hbond substituents is 1. The number of fused-ring (bicyclic) bond motifs is 8. The molecule has 3 aliphatic heterocycles. The van der Waals surface area contributed by atoms with Gasteiger partial charge in [-0.15, -0.1) is 0 Å². The third-order valence-corrected chi connectivity index (χ3v) is 12.5. The van der Waals surface area contributed by atoms with E-state index in [0.717, 1.165) is 13.2 Å². The molecule has 0 spiro atoms. The van der Waals surface area contributed by atoms with Crippen LogP contribution in [0.1, 0.15) is 94.7 Å². The Balaban J connectivity index is 1.37. The number of carbonyl (C=O) groups excluding carboxylic acids is 3. The summed E-state index contributed by atoms with van der Waals surface area (Å²) in [6.45, 7) is 6.44. The number of ether oxygens (including phenoxy) is 8. The zero-order valence-electron chi connectivity index (χ0n) is 32.8. The Labute approximate surface area is 323 Å². The average Bonchev–Trinajstić information content (AvgIpc) is 3.11. The van der Waals surface area contributed by atoms with Crippen LogP contribution in [0.4, 0.5) is 0 Å². The van der Waals surface area contributed by atoms with Crippen LogP contribution in [0, 0.1) is 5.21 Å².